The molecule has 0 bridgehead atoms. The Kier molecular flexibility index (Phi) is 5.32. The summed E-state index contributed by atoms with van der Waals surface area (Å²) < 4.78 is 12.9. The summed E-state index contributed by atoms with van der Waals surface area (Å²) >= 11 is 0. The monoisotopic (exact) mass is 229 g/mol. The minimum atomic E-state index is -1.38. The molecule has 0 aromatic carbocycles. The summed E-state index contributed by atoms with van der Waals surface area (Å²) in [6, 6.07) is 3.56. The van der Waals surface area contributed by atoms with E-state index in [0.717, 1.165) is 0 Å². The van der Waals surface area contributed by atoms with Crippen molar-refractivity contribution in [3.8, 4) is 0 Å². The zero-order valence-corrected chi connectivity index (χ0v) is 10.1. The van der Waals surface area contributed by atoms with Crippen LogP contribution >= 0.6 is 0 Å². The van der Waals surface area contributed by atoms with Crippen LogP contribution < -0.4 is 9.71 Å². The Labute approximate surface area is 92.7 Å². The van der Waals surface area contributed by atoms with Crippen LogP contribution in [0.25, 0.3) is 0 Å². The van der Waals surface area contributed by atoms with Crippen LogP contribution in [0.2, 0.25) is 0 Å². The summed E-state index contributed by atoms with van der Waals surface area (Å²) in [5.74, 6) is 0. The van der Waals surface area contributed by atoms with Crippen molar-refractivity contribution in [2.75, 3.05) is 0 Å². The Morgan fingerprint density at radius 3 is 1.93 bits per heavy atom. The van der Waals surface area contributed by atoms with Crippen LogP contribution in [0.1, 0.15) is 20.8 Å². The van der Waals surface area contributed by atoms with E-state index in [-0.39, 0.29) is 5.54 Å². The lowest BCUT2D eigenvalue weighted by atomic mass is 10.1. The first-order valence-corrected chi connectivity index (χ1v) is 5.59. The van der Waals surface area contributed by atoms with Crippen LogP contribution in [0.5, 0.6) is 0 Å². The van der Waals surface area contributed by atoms with Gasteiger partial charge in [0, 0.05) is 32.9 Å². The van der Waals surface area contributed by atoms with Gasteiger partial charge in [-0.25, -0.2) is 13.9 Å². The largest absolute Gasteiger partial charge is 0.307 e. The third-order valence-electron chi connectivity index (χ3n) is 1.81. The third kappa shape index (κ3) is 4.31. The molecule has 0 saturated carbocycles. The Morgan fingerprint density at radius 1 is 1.27 bits per heavy atom. The molecule has 2 N–H and O–H groups in total. The number of carbonyl (C=O) groups is 1. The molecule has 15 heavy (non-hydrogen) atoms. The average Bonchev–Trinajstić information content (AvgIpc) is 2.20. The fourth-order valence-electron chi connectivity index (χ4n) is 0.994. The summed E-state index contributed by atoms with van der Waals surface area (Å²) in [5, 5.41) is 5.24. The van der Waals surface area contributed by atoms with Crippen molar-refractivity contribution in [3.63, 3.8) is 0 Å². The molecule has 1 rings (SSSR count). The number of nitrogens with two attached hydrogens (primary N) is 1. The van der Waals surface area contributed by atoms with Crippen molar-refractivity contribution in [1.82, 2.24) is 0 Å². The number of carbonyl (C=O) groups excluding carboxylic acids is 1. The smallest absolute Gasteiger partial charge is 0.170 e. The molecule has 0 radical (unpaired) electrons. The van der Waals surface area contributed by atoms with Gasteiger partial charge in [-0.15, -0.1) is 0 Å². The van der Waals surface area contributed by atoms with Gasteiger partial charge in [0.1, 0.15) is 17.8 Å². The molecule has 0 aliphatic carbocycles. The second-order valence-corrected chi connectivity index (χ2v) is 4.98. The molecule has 5 heteroatoms. The first-order valence-electron chi connectivity index (χ1n) is 4.38. The van der Waals surface area contributed by atoms with Crippen molar-refractivity contribution in [1.29, 1.82) is 0 Å². The van der Waals surface area contributed by atoms with Crippen molar-refractivity contribution < 1.29 is 13.6 Å². The number of nitrogens with zero attached hydrogens (tertiary/aromatic N) is 1. The molecule has 0 aliphatic heterocycles. The van der Waals surface area contributed by atoms with Gasteiger partial charge in [-0.05, 0) is 0 Å². The number of pyridine rings is 1. The van der Waals surface area contributed by atoms with Gasteiger partial charge in [0.15, 0.2) is 17.9 Å². The third-order valence-corrected chi connectivity index (χ3v) is 2.54. The molecule has 1 unspecified atom stereocenters. The Morgan fingerprint density at radius 2 is 1.67 bits per heavy atom. The highest BCUT2D eigenvalue weighted by atomic mass is 32.2. The van der Waals surface area contributed by atoms with E-state index in [1.165, 1.54) is 0 Å². The number of rotatable bonds is 1. The van der Waals surface area contributed by atoms with Crippen LogP contribution in [0.4, 0.5) is 0 Å². The summed E-state index contributed by atoms with van der Waals surface area (Å²) in [7, 11) is -1.38. The summed E-state index contributed by atoms with van der Waals surface area (Å²) in [4.78, 5) is 8.65. The topological polar surface area (TPSA) is 64.0 Å². The molecule has 1 heterocycles. The Bertz CT molecular complexity index is 330. The number of hydrogen-bond acceptors (Lipinski definition) is 2. The molecule has 1 atom stereocenters. The second kappa shape index (κ2) is 5.72. The fraction of sp³-hybridized carbons (Fsp3) is 0.400. The van der Waals surface area contributed by atoms with Crippen molar-refractivity contribution in [2.24, 2.45) is 5.14 Å². The highest BCUT2D eigenvalue weighted by Gasteiger charge is 2.20. The van der Waals surface area contributed by atoms with Gasteiger partial charge in [-0.1, -0.05) is 0 Å². The van der Waals surface area contributed by atoms with Crippen LogP contribution in [-0.4, -0.2) is 11.0 Å². The van der Waals surface area contributed by atoms with Crippen LogP contribution in [-0.2, 0) is 21.3 Å². The fourth-order valence-corrected chi connectivity index (χ4v) is 1.38. The zero-order valence-electron chi connectivity index (χ0n) is 9.27. The second-order valence-electron chi connectivity index (χ2n) is 3.91. The van der Waals surface area contributed by atoms with Gasteiger partial charge >= 0.3 is 0 Å². The SMILES string of the molecule is C=O.CC(C)(C)[n+]1ccc(S(N)=O)cc1. The summed E-state index contributed by atoms with van der Waals surface area (Å²) in [5.41, 5.74) is 0.0502. The molecule has 84 valence electrons. The molecule has 0 spiro atoms. The molecule has 4 nitrogen and oxygen atoms in total. The molecule has 0 fully saturated rings. The molecule has 0 amide bonds. The van der Waals surface area contributed by atoms with Gasteiger partial charge in [0.05, 0.1) is 4.90 Å². The lowest BCUT2D eigenvalue weighted by Gasteiger charge is -2.12. The minimum absolute atomic E-state index is 0.0502. The maximum absolute atomic E-state index is 10.9. The maximum atomic E-state index is 10.9. The quantitative estimate of drug-likeness (QED) is 0.714. The van der Waals surface area contributed by atoms with Crippen LogP contribution in [0.3, 0.4) is 0 Å². The lowest BCUT2D eigenvalue weighted by molar-refractivity contribution is -0.754. The average molecular weight is 229 g/mol. The predicted molar refractivity (Wildman–Crippen MR) is 59.3 cm³/mol. The molecule has 0 saturated heterocycles. The lowest BCUT2D eigenvalue weighted by Crippen LogP contribution is -2.49. The molecular weight excluding hydrogens is 212 g/mol. The van der Waals surface area contributed by atoms with E-state index >= 15 is 0 Å². The van der Waals surface area contributed by atoms with Gasteiger partial charge in [0.25, 0.3) is 0 Å². The standard InChI is InChI=1S/C9H15N2OS.CH2O/c1-9(2,3)11-6-4-8(5-7-11)13(10)12;1-2/h4-7H,10H2,1-3H3;1H2/q+1;. The molecule has 1 aromatic heterocycles. The van der Waals surface area contributed by atoms with Gasteiger partial charge in [-0.3, -0.25) is 0 Å². The minimum Gasteiger partial charge on any atom is -0.307 e. The highest BCUT2D eigenvalue weighted by molar-refractivity contribution is 7.82. The van der Waals surface area contributed by atoms with E-state index in [0.29, 0.717) is 4.90 Å². The van der Waals surface area contributed by atoms with Gasteiger partial charge < -0.3 is 4.79 Å². The highest BCUT2D eigenvalue weighted by Crippen LogP contribution is 2.05. The zero-order chi connectivity index (χ0) is 12.1. The maximum Gasteiger partial charge on any atom is 0.170 e. The van der Waals surface area contributed by atoms with Crippen molar-refractivity contribution in [2.45, 2.75) is 31.2 Å². The molecule has 0 aliphatic rings. The predicted octanol–water partition coefficient (Wildman–Crippen LogP) is 0.525. The molecular formula is C10H17N2O2S+. The first kappa shape index (κ1) is 13.9. The number of aromatic nitrogens is 1. The first-order chi connectivity index (χ1) is 6.91. The summed E-state index contributed by atoms with van der Waals surface area (Å²) in [6.45, 7) is 8.31. The van der Waals surface area contributed by atoms with Gasteiger partial charge in [-0.2, -0.15) is 0 Å². The van der Waals surface area contributed by atoms with E-state index < -0.39 is 11.0 Å². The van der Waals surface area contributed by atoms with E-state index in [9.17, 15) is 4.21 Å². The summed E-state index contributed by atoms with van der Waals surface area (Å²) in [6.07, 6.45) is 3.78. The molecule has 1 aromatic rings. The van der Waals surface area contributed by atoms with E-state index in [4.69, 9.17) is 9.93 Å². The Hall–Kier alpha value is -1.07. The normalized spacial score (nSPS) is 12.5. The Balaban J connectivity index is 0.000000921. The van der Waals surface area contributed by atoms with Crippen molar-refractivity contribution >= 4 is 17.8 Å². The van der Waals surface area contributed by atoms with Crippen LogP contribution in [0.15, 0.2) is 29.4 Å². The number of hydrogen-bond donors (Lipinski definition) is 1. The van der Waals surface area contributed by atoms with Gasteiger partial charge in [0.2, 0.25) is 0 Å². The van der Waals surface area contributed by atoms with E-state index in [1.54, 1.807) is 12.1 Å². The van der Waals surface area contributed by atoms with Crippen molar-refractivity contribution in [3.05, 3.63) is 24.5 Å². The van der Waals surface area contributed by atoms with Crippen LogP contribution in [0, 0.1) is 0 Å². The van der Waals surface area contributed by atoms with E-state index in [2.05, 4.69) is 20.8 Å². The van der Waals surface area contributed by atoms with E-state index in [1.807, 2.05) is 23.7 Å².